The van der Waals surface area contributed by atoms with E-state index in [-0.39, 0.29) is 25.3 Å². The van der Waals surface area contributed by atoms with Crippen LogP contribution in [0.1, 0.15) is 72.1 Å². The lowest BCUT2D eigenvalue weighted by Gasteiger charge is -2.43. The van der Waals surface area contributed by atoms with Gasteiger partial charge in [-0.2, -0.15) is 12.6 Å². The Balaban J connectivity index is 3.43. The predicted octanol–water partition coefficient (Wildman–Crippen LogP) is 3.89. The molecule has 0 fully saturated rings. The van der Waals surface area contributed by atoms with Gasteiger partial charge in [0.25, 0.3) is 0 Å². The van der Waals surface area contributed by atoms with Gasteiger partial charge in [-0.05, 0) is 65.7 Å². The SMILES string of the molecule is C=Cc1cccc(C(C(=O)NCCC(=O)OCC)N(C(=O)C(CS)NC(=O)OC(C)(C)C)C(C)(C)C)c1. The lowest BCUT2D eigenvalue weighted by atomic mass is 9.94. The highest BCUT2D eigenvalue weighted by molar-refractivity contribution is 7.80. The van der Waals surface area contributed by atoms with Gasteiger partial charge in [0.05, 0.1) is 13.0 Å². The van der Waals surface area contributed by atoms with Crippen LogP contribution in [0.5, 0.6) is 0 Å². The fraction of sp³-hybridized carbons (Fsp3) is 0.556. The number of thiol groups is 1. The van der Waals surface area contributed by atoms with Crippen molar-refractivity contribution in [2.45, 2.75) is 78.1 Å². The van der Waals surface area contributed by atoms with Crippen molar-refractivity contribution in [1.29, 1.82) is 0 Å². The van der Waals surface area contributed by atoms with Crippen molar-refractivity contribution in [3.05, 3.63) is 42.0 Å². The summed E-state index contributed by atoms with van der Waals surface area (Å²) in [7, 11) is 0. The van der Waals surface area contributed by atoms with E-state index >= 15 is 0 Å². The van der Waals surface area contributed by atoms with Gasteiger partial charge < -0.3 is 25.0 Å². The van der Waals surface area contributed by atoms with Crippen molar-refractivity contribution in [1.82, 2.24) is 15.5 Å². The zero-order chi connectivity index (χ0) is 28.4. The average molecular weight is 536 g/mol. The summed E-state index contributed by atoms with van der Waals surface area (Å²) < 4.78 is 10.2. The fourth-order valence-corrected chi connectivity index (χ4v) is 3.79. The molecule has 0 bridgehead atoms. The molecule has 0 spiro atoms. The Labute approximate surface area is 225 Å². The number of nitrogens with one attached hydrogen (secondary N) is 2. The molecule has 1 aromatic carbocycles. The Hall–Kier alpha value is -3.01. The molecule has 2 unspecified atom stereocenters. The molecular weight excluding hydrogens is 494 g/mol. The van der Waals surface area contributed by atoms with Crippen LogP contribution in [0.3, 0.4) is 0 Å². The van der Waals surface area contributed by atoms with Crippen LogP contribution in [-0.4, -0.2) is 64.9 Å². The van der Waals surface area contributed by atoms with Gasteiger partial charge in [0.15, 0.2) is 0 Å². The van der Waals surface area contributed by atoms with Gasteiger partial charge in [-0.3, -0.25) is 14.4 Å². The number of rotatable bonds is 11. The summed E-state index contributed by atoms with van der Waals surface area (Å²) in [6, 6.07) is 4.98. The van der Waals surface area contributed by atoms with Gasteiger partial charge in [-0.15, -0.1) is 0 Å². The zero-order valence-electron chi connectivity index (χ0n) is 22.9. The van der Waals surface area contributed by atoms with Crippen molar-refractivity contribution < 1.29 is 28.7 Å². The normalized spacial score (nSPS) is 13.1. The Morgan fingerprint density at radius 1 is 1.14 bits per heavy atom. The van der Waals surface area contributed by atoms with E-state index in [9.17, 15) is 19.2 Å². The van der Waals surface area contributed by atoms with E-state index in [1.807, 2.05) is 6.07 Å². The Morgan fingerprint density at radius 2 is 1.78 bits per heavy atom. The van der Waals surface area contributed by atoms with Gasteiger partial charge in [0.2, 0.25) is 11.8 Å². The molecule has 3 amide bonds. The number of hydrogen-bond acceptors (Lipinski definition) is 7. The number of nitrogens with zero attached hydrogens (tertiary/aromatic N) is 1. The number of alkyl carbamates (subject to hydrolysis) is 1. The molecule has 0 saturated carbocycles. The van der Waals surface area contributed by atoms with Crippen molar-refractivity contribution in [3.63, 3.8) is 0 Å². The average Bonchev–Trinajstić information content (AvgIpc) is 2.78. The highest BCUT2D eigenvalue weighted by Crippen LogP contribution is 2.31. The summed E-state index contributed by atoms with van der Waals surface area (Å²) in [5, 5.41) is 5.33. The van der Waals surface area contributed by atoms with Crippen LogP contribution in [0, 0.1) is 0 Å². The maximum absolute atomic E-state index is 13.9. The van der Waals surface area contributed by atoms with Crippen LogP contribution >= 0.6 is 12.6 Å². The first-order valence-corrected chi connectivity index (χ1v) is 12.9. The molecule has 0 aromatic heterocycles. The van der Waals surface area contributed by atoms with Gasteiger partial charge in [-0.25, -0.2) is 4.79 Å². The first kappa shape index (κ1) is 32.0. The second-order valence-corrected chi connectivity index (χ2v) is 10.7. The highest BCUT2D eigenvalue weighted by Gasteiger charge is 2.41. The first-order valence-electron chi connectivity index (χ1n) is 12.2. The van der Waals surface area contributed by atoms with Crippen LogP contribution in [0.2, 0.25) is 0 Å². The quantitative estimate of drug-likeness (QED) is 0.293. The summed E-state index contributed by atoms with van der Waals surface area (Å²) in [5.74, 6) is -1.45. The summed E-state index contributed by atoms with van der Waals surface area (Å²) in [5.41, 5.74) is -0.295. The monoisotopic (exact) mass is 535 g/mol. The van der Waals surface area contributed by atoms with E-state index in [1.54, 1.807) is 72.7 Å². The molecule has 0 radical (unpaired) electrons. The summed E-state index contributed by atoms with van der Waals surface area (Å²) >= 11 is 4.29. The van der Waals surface area contributed by atoms with E-state index in [1.165, 1.54) is 4.90 Å². The number of amides is 3. The lowest BCUT2D eigenvalue weighted by molar-refractivity contribution is -0.148. The smallest absolute Gasteiger partial charge is 0.408 e. The van der Waals surface area contributed by atoms with Crippen LogP contribution in [0.15, 0.2) is 30.8 Å². The second-order valence-electron chi connectivity index (χ2n) is 10.4. The van der Waals surface area contributed by atoms with Gasteiger partial charge >= 0.3 is 12.1 Å². The summed E-state index contributed by atoms with van der Waals surface area (Å²) in [4.78, 5) is 53.1. The second kappa shape index (κ2) is 14.1. The number of carbonyl (C=O) groups is 4. The van der Waals surface area contributed by atoms with E-state index in [0.29, 0.717) is 5.56 Å². The Kier molecular flexibility index (Phi) is 12.2. The molecule has 9 nitrogen and oxygen atoms in total. The molecule has 0 heterocycles. The van der Waals surface area contributed by atoms with Crippen molar-refractivity contribution in [3.8, 4) is 0 Å². The van der Waals surface area contributed by atoms with Gasteiger partial charge in [0.1, 0.15) is 17.7 Å². The topological polar surface area (TPSA) is 114 Å². The molecule has 37 heavy (non-hydrogen) atoms. The van der Waals surface area contributed by atoms with E-state index in [0.717, 1.165) is 5.56 Å². The van der Waals surface area contributed by atoms with Crippen molar-refractivity contribution in [2.24, 2.45) is 0 Å². The van der Waals surface area contributed by atoms with Gasteiger partial charge in [0, 0.05) is 17.8 Å². The van der Waals surface area contributed by atoms with Crippen molar-refractivity contribution in [2.75, 3.05) is 18.9 Å². The summed E-state index contributed by atoms with van der Waals surface area (Å²) in [6.45, 7) is 16.3. The highest BCUT2D eigenvalue weighted by atomic mass is 32.1. The van der Waals surface area contributed by atoms with Crippen LogP contribution < -0.4 is 10.6 Å². The number of benzene rings is 1. The third-order valence-electron chi connectivity index (χ3n) is 5.03. The van der Waals surface area contributed by atoms with E-state index in [4.69, 9.17) is 9.47 Å². The van der Waals surface area contributed by atoms with Crippen LogP contribution in [0.4, 0.5) is 4.79 Å². The molecule has 0 saturated heterocycles. The third-order valence-corrected chi connectivity index (χ3v) is 5.40. The van der Waals surface area contributed by atoms with E-state index in [2.05, 4.69) is 29.8 Å². The van der Waals surface area contributed by atoms with Gasteiger partial charge in [-0.1, -0.05) is 30.9 Å². The fourth-order valence-electron chi connectivity index (χ4n) is 3.54. The molecule has 10 heteroatoms. The molecular formula is C27H41N3O6S. The number of ether oxygens (including phenoxy) is 2. The Morgan fingerprint density at radius 3 is 2.30 bits per heavy atom. The molecule has 1 aromatic rings. The minimum absolute atomic E-state index is 0.0120. The minimum atomic E-state index is -1.07. The maximum Gasteiger partial charge on any atom is 0.408 e. The Bertz CT molecular complexity index is 968. The molecule has 206 valence electrons. The minimum Gasteiger partial charge on any atom is -0.466 e. The molecule has 0 aliphatic heterocycles. The standard InChI is InChI=1S/C27H41N3O6S/c1-9-18-12-11-13-19(16-18)22(23(32)28-15-14-21(31)35-10-2)30(26(3,4)5)24(33)20(17-37)29-25(34)36-27(6,7)8/h9,11-13,16,20,22,37H,1,10,14-15,17H2,2-8H3,(H,28,32)(H,29,34). The third kappa shape index (κ3) is 10.5. The lowest BCUT2D eigenvalue weighted by Crippen LogP contribution is -2.59. The maximum atomic E-state index is 13.9. The summed E-state index contributed by atoms with van der Waals surface area (Å²) in [6.07, 6.45) is 0.864. The number of hydrogen-bond donors (Lipinski definition) is 3. The number of carbonyl (C=O) groups excluding carboxylic acids is 4. The molecule has 1 rings (SSSR count). The molecule has 2 atom stereocenters. The number of esters is 1. The predicted molar refractivity (Wildman–Crippen MR) is 147 cm³/mol. The molecule has 0 aliphatic rings. The largest absolute Gasteiger partial charge is 0.466 e. The zero-order valence-corrected chi connectivity index (χ0v) is 23.8. The van der Waals surface area contributed by atoms with Crippen LogP contribution in [0.25, 0.3) is 6.08 Å². The van der Waals surface area contributed by atoms with Crippen molar-refractivity contribution >= 4 is 42.6 Å². The van der Waals surface area contributed by atoms with E-state index < -0.39 is 47.1 Å². The molecule has 0 aliphatic carbocycles. The van der Waals surface area contributed by atoms with Crippen LogP contribution in [-0.2, 0) is 23.9 Å². The molecule has 2 N–H and O–H groups in total. The first-order chi connectivity index (χ1) is 17.1.